The van der Waals surface area contributed by atoms with Crippen LogP contribution in [-0.4, -0.2) is 23.3 Å². The van der Waals surface area contributed by atoms with Crippen molar-refractivity contribution in [1.29, 1.82) is 0 Å². The van der Waals surface area contributed by atoms with E-state index in [0.29, 0.717) is 16.5 Å². The van der Waals surface area contributed by atoms with Crippen LogP contribution in [0.3, 0.4) is 0 Å². The number of amides is 2. The molecule has 0 saturated carbocycles. The van der Waals surface area contributed by atoms with E-state index >= 15 is 0 Å². The van der Waals surface area contributed by atoms with Crippen LogP contribution >= 0.6 is 11.6 Å². The van der Waals surface area contributed by atoms with Crippen molar-refractivity contribution in [1.82, 2.24) is 10.3 Å². The first-order valence-electron chi connectivity index (χ1n) is 11.0. The smallest absolute Gasteiger partial charge is 0.294 e. The number of carbonyl (C=O) groups is 2. The van der Waals surface area contributed by atoms with Gasteiger partial charge in [0, 0.05) is 11.2 Å². The molecule has 34 heavy (non-hydrogen) atoms. The molecule has 1 aliphatic heterocycles. The summed E-state index contributed by atoms with van der Waals surface area (Å²) >= 11 is 5.98. The number of benzene rings is 2. The van der Waals surface area contributed by atoms with Crippen molar-refractivity contribution in [2.24, 2.45) is 0 Å². The summed E-state index contributed by atoms with van der Waals surface area (Å²) in [5.74, 6) is -0.0263. The molecular weight excluding hydrogens is 450 g/mol. The van der Waals surface area contributed by atoms with Gasteiger partial charge in [-0.25, -0.2) is 0 Å². The van der Waals surface area contributed by atoms with Crippen molar-refractivity contribution in [2.75, 3.05) is 11.4 Å². The number of fused-ring (bicyclic) bond motifs is 1. The Kier molecular flexibility index (Phi) is 6.70. The Morgan fingerprint density at radius 3 is 2.56 bits per heavy atom. The summed E-state index contributed by atoms with van der Waals surface area (Å²) in [5.41, 5.74) is 2.97. The number of aromatic nitrogens is 1. The lowest BCUT2D eigenvalue weighted by Crippen LogP contribution is -2.44. The number of nitrogens with zero attached hydrogens (tertiary/aromatic N) is 2. The Bertz CT molecular complexity index is 1230. The minimum Gasteiger partial charge on any atom is -0.449 e. The van der Waals surface area contributed by atoms with E-state index in [1.54, 1.807) is 36.5 Å². The molecule has 0 spiro atoms. The molecule has 6 nitrogen and oxygen atoms in total. The minimum atomic E-state index is -0.388. The summed E-state index contributed by atoms with van der Waals surface area (Å²) in [7, 11) is 0. The van der Waals surface area contributed by atoms with Crippen LogP contribution in [0.2, 0.25) is 5.02 Å². The highest BCUT2D eigenvalue weighted by Crippen LogP contribution is 2.39. The largest absolute Gasteiger partial charge is 0.449 e. The van der Waals surface area contributed by atoms with Gasteiger partial charge in [0.2, 0.25) is 5.91 Å². The van der Waals surface area contributed by atoms with E-state index < -0.39 is 0 Å². The van der Waals surface area contributed by atoms with Crippen molar-refractivity contribution in [2.45, 2.75) is 32.7 Å². The predicted molar refractivity (Wildman–Crippen MR) is 134 cm³/mol. The van der Waals surface area contributed by atoms with Gasteiger partial charge in [0.25, 0.3) is 5.91 Å². The van der Waals surface area contributed by atoms with E-state index in [4.69, 9.17) is 16.3 Å². The molecule has 0 bridgehead atoms. The Morgan fingerprint density at radius 2 is 1.88 bits per heavy atom. The highest BCUT2D eigenvalue weighted by atomic mass is 35.5. The maximum atomic E-state index is 13.4. The SMILES string of the molecule is CC(C)(C)c1ccc2c(c1)N(CC(=O)NCc1ccccn1)C(=O)/C(=C\c1ccc(Cl)cc1)O2. The molecule has 0 radical (unpaired) electrons. The van der Waals surface area contributed by atoms with Crippen molar-refractivity contribution in [3.8, 4) is 5.75 Å². The first-order chi connectivity index (χ1) is 16.2. The zero-order chi connectivity index (χ0) is 24.3. The minimum absolute atomic E-state index is 0.135. The molecule has 0 saturated heterocycles. The number of carbonyl (C=O) groups excluding carboxylic acids is 2. The van der Waals surface area contributed by atoms with Gasteiger partial charge in [-0.15, -0.1) is 0 Å². The molecule has 0 fully saturated rings. The van der Waals surface area contributed by atoms with E-state index in [0.717, 1.165) is 16.8 Å². The van der Waals surface area contributed by atoms with E-state index in [2.05, 4.69) is 31.1 Å². The molecule has 1 aliphatic rings. The molecule has 7 heteroatoms. The molecule has 0 atom stereocenters. The third-order valence-electron chi connectivity index (χ3n) is 5.45. The molecule has 1 aromatic heterocycles. The second-order valence-electron chi connectivity index (χ2n) is 9.08. The summed E-state index contributed by atoms with van der Waals surface area (Å²) in [6.07, 6.45) is 3.32. The Labute approximate surface area is 204 Å². The van der Waals surface area contributed by atoms with Crippen LogP contribution in [0.5, 0.6) is 5.75 Å². The van der Waals surface area contributed by atoms with Gasteiger partial charge in [0.1, 0.15) is 6.54 Å². The lowest BCUT2D eigenvalue weighted by molar-refractivity contribution is -0.123. The van der Waals surface area contributed by atoms with Gasteiger partial charge in [-0.05, 0) is 59.0 Å². The molecule has 4 rings (SSSR count). The second-order valence-corrected chi connectivity index (χ2v) is 9.52. The average molecular weight is 476 g/mol. The number of hydrogen-bond donors (Lipinski definition) is 1. The van der Waals surface area contributed by atoms with Gasteiger partial charge >= 0.3 is 0 Å². The second kappa shape index (κ2) is 9.69. The fourth-order valence-electron chi connectivity index (χ4n) is 3.54. The Balaban J connectivity index is 1.64. The molecule has 0 aliphatic carbocycles. The number of ether oxygens (including phenoxy) is 1. The van der Waals surface area contributed by atoms with E-state index in [1.807, 2.05) is 36.4 Å². The molecule has 0 unspecified atom stereocenters. The zero-order valence-electron chi connectivity index (χ0n) is 19.3. The fourth-order valence-corrected chi connectivity index (χ4v) is 3.66. The Morgan fingerprint density at radius 1 is 1.12 bits per heavy atom. The zero-order valence-corrected chi connectivity index (χ0v) is 20.1. The van der Waals surface area contributed by atoms with Crippen molar-refractivity contribution in [3.05, 3.63) is 94.5 Å². The summed E-state index contributed by atoms with van der Waals surface area (Å²) in [4.78, 5) is 31.9. The normalized spacial score (nSPS) is 14.5. The number of pyridine rings is 1. The lowest BCUT2D eigenvalue weighted by atomic mass is 9.86. The number of anilines is 1. The van der Waals surface area contributed by atoms with Crippen LogP contribution in [-0.2, 0) is 21.5 Å². The van der Waals surface area contributed by atoms with Gasteiger partial charge in [-0.3, -0.25) is 19.5 Å². The van der Waals surface area contributed by atoms with Crippen molar-refractivity contribution in [3.63, 3.8) is 0 Å². The molecular formula is C27H26ClN3O3. The summed E-state index contributed by atoms with van der Waals surface area (Å²) in [5, 5.41) is 3.44. The van der Waals surface area contributed by atoms with Gasteiger partial charge in [-0.1, -0.05) is 56.6 Å². The topological polar surface area (TPSA) is 71.5 Å². The molecule has 1 N–H and O–H groups in total. The number of halogens is 1. The average Bonchev–Trinajstić information content (AvgIpc) is 2.81. The standard InChI is InChI=1S/C27H26ClN3O3/c1-27(2,3)19-9-12-23-22(15-19)31(17-25(32)30-16-21-6-4-5-13-29-21)26(33)24(34-23)14-18-7-10-20(28)11-8-18/h4-15H,16-17H2,1-3H3,(H,30,32)/b24-14+. The quantitative estimate of drug-likeness (QED) is 0.520. The summed E-state index contributed by atoms with van der Waals surface area (Å²) in [6, 6.07) is 18.3. The molecule has 3 aromatic rings. The first kappa shape index (κ1) is 23.5. The number of hydrogen-bond acceptors (Lipinski definition) is 4. The van der Waals surface area contributed by atoms with Gasteiger partial charge in [0.15, 0.2) is 11.5 Å². The maximum absolute atomic E-state index is 13.4. The highest BCUT2D eigenvalue weighted by Gasteiger charge is 2.33. The number of rotatable bonds is 5. The molecule has 2 aromatic carbocycles. The number of nitrogens with one attached hydrogen (secondary N) is 1. The fraction of sp³-hybridized carbons (Fsp3) is 0.222. The summed E-state index contributed by atoms with van der Waals surface area (Å²) in [6.45, 7) is 6.41. The Hall–Kier alpha value is -3.64. The molecule has 174 valence electrons. The first-order valence-corrected chi connectivity index (χ1v) is 11.4. The lowest BCUT2D eigenvalue weighted by Gasteiger charge is -2.32. The van der Waals surface area contributed by atoms with Crippen LogP contribution in [0.1, 0.15) is 37.6 Å². The van der Waals surface area contributed by atoms with E-state index in [1.165, 1.54) is 4.90 Å². The monoisotopic (exact) mass is 475 g/mol. The van der Waals surface area contributed by atoms with Gasteiger partial charge < -0.3 is 10.1 Å². The highest BCUT2D eigenvalue weighted by molar-refractivity contribution is 6.30. The van der Waals surface area contributed by atoms with Gasteiger partial charge in [0.05, 0.1) is 17.9 Å². The van der Waals surface area contributed by atoms with Crippen molar-refractivity contribution < 1.29 is 14.3 Å². The third kappa shape index (κ3) is 5.46. The van der Waals surface area contributed by atoms with E-state index in [-0.39, 0.29) is 36.1 Å². The van der Waals surface area contributed by atoms with Crippen LogP contribution in [0, 0.1) is 0 Å². The molecule has 2 heterocycles. The molecule has 2 amide bonds. The maximum Gasteiger partial charge on any atom is 0.294 e. The van der Waals surface area contributed by atoms with Gasteiger partial charge in [-0.2, -0.15) is 0 Å². The van der Waals surface area contributed by atoms with Crippen LogP contribution < -0.4 is 15.0 Å². The van der Waals surface area contributed by atoms with E-state index in [9.17, 15) is 9.59 Å². The summed E-state index contributed by atoms with van der Waals surface area (Å²) < 4.78 is 5.98. The predicted octanol–water partition coefficient (Wildman–Crippen LogP) is 5.12. The van der Waals surface area contributed by atoms with Crippen LogP contribution in [0.25, 0.3) is 6.08 Å². The van der Waals surface area contributed by atoms with Crippen LogP contribution in [0.15, 0.2) is 72.6 Å². The van der Waals surface area contributed by atoms with Crippen LogP contribution in [0.4, 0.5) is 5.69 Å². The van der Waals surface area contributed by atoms with Crippen molar-refractivity contribution >= 4 is 35.2 Å². The third-order valence-corrected chi connectivity index (χ3v) is 5.71.